The lowest BCUT2D eigenvalue weighted by molar-refractivity contribution is -0.130. The Kier molecular flexibility index (Phi) is 4.59. The molecule has 2 rings (SSSR count). The molecule has 0 aliphatic carbocycles. The van der Waals surface area contributed by atoms with Crippen LogP contribution in [0.4, 0.5) is 4.79 Å². The predicted octanol–water partition coefficient (Wildman–Crippen LogP) is -0.294. The van der Waals surface area contributed by atoms with Gasteiger partial charge in [0.25, 0.3) is 5.91 Å². The second-order valence-corrected chi connectivity index (χ2v) is 5.51. The molecular formula is C13H22N4O3. The molecule has 0 saturated carbocycles. The Morgan fingerprint density at radius 1 is 1.25 bits per heavy atom. The second kappa shape index (κ2) is 6.21. The largest absolute Gasteiger partial charge is 0.340 e. The quantitative estimate of drug-likeness (QED) is 0.460. The summed E-state index contributed by atoms with van der Waals surface area (Å²) in [6.07, 6.45) is 4.87. The minimum Gasteiger partial charge on any atom is -0.340 e. The highest BCUT2D eigenvalue weighted by Gasteiger charge is 2.51. The zero-order chi connectivity index (χ0) is 14.6. The highest BCUT2D eigenvalue weighted by Crippen LogP contribution is 2.25. The average Bonchev–Trinajstić information content (AvgIpc) is 2.94. The Bertz CT molecular complexity index is 412. The maximum absolute atomic E-state index is 12.1. The molecule has 0 bridgehead atoms. The zero-order valence-corrected chi connectivity index (χ0v) is 11.6. The SMILES string of the molecule is NCCCCCCC(=O)N1CCC2(C1)NC(=O)NC2=O. The molecule has 7 heteroatoms. The smallest absolute Gasteiger partial charge is 0.322 e. The molecule has 2 aliphatic rings. The van der Waals surface area contributed by atoms with Crippen LogP contribution in [0.5, 0.6) is 0 Å². The van der Waals surface area contributed by atoms with Gasteiger partial charge in [-0.3, -0.25) is 14.9 Å². The molecule has 112 valence electrons. The van der Waals surface area contributed by atoms with E-state index < -0.39 is 11.6 Å². The molecule has 0 aromatic rings. The van der Waals surface area contributed by atoms with Crippen molar-refractivity contribution in [2.75, 3.05) is 19.6 Å². The van der Waals surface area contributed by atoms with Crippen LogP contribution in [0.25, 0.3) is 0 Å². The fraction of sp³-hybridized carbons (Fsp3) is 0.769. The molecule has 0 radical (unpaired) electrons. The Morgan fingerprint density at radius 2 is 2.00 bits per heavy atom. The summed E-state index contributed by atoms with van der Waals surface area (Å²) in [6, 6.07) is -0.467. The molecule has 2 saturated heterocycles. The first-order valence-electron chi connectivity index (χ1n) is 7.19. The molecule has 1 atom stereocenters. The van der Waals surface area contributed by atoms with Gasteiger partial charge in [0.15, 0.2) is 0 Å². The number of urea groups is 1. The highest BCUT2D eigenvalue weighted by atomic mass is 16.2. The third-order valence-electron chi connectivity index (χ3n) is 3.98. The van der Waals surface area contributed by atoms with Gasteiger partial charge in [0.2, 0.25) is 5.91 Å². The number of unbranched alkanes of at least 4 members (excludes halogenated alkanes) is 3. The third-order valence-corrected chi connectivity index (χ3v) is 3.98. The van der Waals surface area contributed by atoms with Gasteiger partial charge in [-0.2, -0.15) is 0 Å². The molecular weight excluding hydrogens is 260 g/mol. The van der Waals surface area contributed by atoms with Crippen LogP contribution >= 0.6 is 0 Å². The lowest BCUT2D eigenvalue weighted by atomic mass is 9.99. The van der Waals surface area contributed by atoms with Crippen LogP contribution in [-0.4, -0.2) is 47.9 Å². The maximum atomic E-state index is 12.1. The number of carbonyl (C=O) groups excluding carboxylic acids is 3. The number of hydrogen-bond donors (Lipinski definition) is 3. The maximum Gasteiger partial charge on any atom is 0.322 e. The van der Waals surface area contributed by atoms with Gasteiger partial charge in [-0.1, -0.05) is 12.8 Å². The van der Waals surface area contributed by atoms with Crippen molar-refractivity contribution in [3.8, 4) is 0 Å². The van der Waals surface area contributed by atoms with Crippen molar-refractivity contribution in [2.24, 2.45) is 5.73 Å². The molecule has 0 aromatic carbocycles. The second-order valence-electron chi connectivity index (χ2n) is 5.51. The summed E-state index contributed by atoms with van der Waals surface area (Å²) < 4.78 is 0. The minimum atomic E-state index is -0.897. The Hall–Kier alpha value is -1.63. The number of nitrogens with zero attached hydrogens (tertiary/aromatic N) is 1. The Labute approximate surface area is 118 Å². The zero-order valence-electron chi connectivity index (χ0n) is 11.6. The molecule has 4 amide bonds. The van der Waals surface area contributed by atoms with Crippen LogP contribution in [0.3, 0.4) is 0 Å². The summed E-state index contributed by atoms with van der Waals surface area (Å²) in [5, 5.41) is 4.88. The average molecular weight is 282 g/mol. The number of imide groups is 1. The summed E-state index contributed by atoms with van der Waals surface area (Å²) in [5.74, 6) is -0.260. The van der Waals surface area contributed by atoms with E-state index in [4.69, 9.17) is 5.73 Å². The van der Waals surface area contributed by atoms with Crippen LogP contribution in [0.1, 0.15) is 38.5 Å². The van der Waals surface area contributed by atoms with E-state index in [1.807, 2.05) is 0 Å². The number of nitrogens with two attached hydrogens (primary N) is 1. The number of rotatable bonds is 6. The highest BCUT2D eigenvalue weighted by molar-refractivity contribution is 6.07. The van der Waals surface area contributed by atoms with Crippen molar-refractivity contribution in [1.29, 1.82) is 0 Å². The van der Waals surface area contributed by atoms with E-state index >= 15 is 0 Å². The lowest BCUT2D eigenvalue weighted by Crippen LogP contribution is -2.49. The molecule has 4 N–H and O–H groups in total. The summed E-state index contributed by atoms with van der Waals surface area (Å²) in [5.41, 5.74) is 4.52. The number of hydrogen-bond acceptors (Lipinski definition) is 4. The Morgan fingerprint density at radius 3 is 2.65 bits per heavy atom. The number of likely N-dealkylation sites (tertiary alicyclic amines) is 1. The molecule has 2 heterocycles. The van der Waals surface area contributed by atoms with Crippen LogP contribution < -0.4 is 16.4 Å². The van der Waals surface area contributed by atoms with Gasteiger partial charge in [0, 0.05) is 13.0 Å². The third kappa shape index (κ3) is 3.09. The monoisotopic (exact) mass is 282 g/mol. The standard InChI is InChI=1S/C13H22N4O3/c14-7-4-2-1-3-5-10(18)17-8-6-13(9-17)11(19)15-12(20)16-13/h1-9,14H2,(H2,15,16,19,20). The number of carbonyl (C=O) groups is 3. The van der Waals surface area contributed by atoms with E-state index in [-0.39, 0.29) is 18.4 Å². The van der Waals surface area contributed by atoms with E-state index in [1.54, 1.807) is 4.90 Å². The molecule has 1 unspecified atom stereocenters. The molecule has 0 aromatic heterocycles. The van der Waals surface area contributed by atoms with E-state index in [0.717, 1.165) is 25.7 Å². The molecule has 7 nitrogen and oxygen atoms in total. The van der Waals surface area contributed by atoms with Crippen molar-refractivity contribution in [3.05, 3.63) is 0 Å². The van der Waals surface area contributed by atoms with Crippen LogP contribution in [0, 0.1) is 0 Å². The van der Waals surface area contributed by atoms with Gasteiger partial charge in [-0.25, -0.2) is 4.79 Å². The summed E-state index contributed by atoms with van der Waals surface area (Å²) >= 11 is 0. The van der Waals surface area contributed by atoms with E-state index in [0.29, 0.717) is 25.9 Å². The predicted molar refractivity (Wildman–Crippen MR) is 72.7 cm³/mol. The number of amides is 4. The molecule has 1 spiro atoms. The van der Waals surface area contributed by atoms with Gasteiger partial charge in [-0.05, 0) is 25.8 Å². The van der Waals surface area contributed by atoms with Crippen molar-refractivity contribution in [2.45, 2.75) is 44.1 Å². The topological polar surface area (TPSA) is 105 Å². The molecule has 20 heavy (non-hydrogen) atoms. The van der Waals surface area contributed by atoms with E-state index in [9.17, 15) is 14.4 Å². The lowest BCUT2D eigenvalue weighted by Gasteiger charge is -2.21. The minimum absolute atomic E-state index is 0.0589. The molecule has 2 fully saturated rings. The van der Waals surface area contributed by atoms with E-state index in [2.05, 4.69) is 10.6 Å². The van der Waals surface area contributed by atoms with Gasteiger partial charge in [0.05, 0.1) is 6.54 Å². The van der Waals surface area contributed by atoms with Crippen molar-refractivity contribution < 1.29 is 14.4 Å². The van der Waals surface area contributed by atoms with Gasteiger partial charge < -0.3 is 16.0 Å². The summed E-state index contributed by atoms with van der Waals surface area (Å²) in [4.78, 5) is 36.7. The van der Waals surface area contributed by atoms with Gasteiger partial charge >= 0.3 is 6.03 Å². The van der Waals surface area contributed by atoms with Crippen molar-refractivity contribution in [3.63, 3.8) is 0 Å². The van der Waals surface area contributed by atoms with Crippen molar-refractivity contribution in [1.82, 2.24) is 15.5 Å². The van der Waals surface area contributed by atoms with Gasteiger partial charge in [0.1, 0.15) is 5.54 Å². The normalized spacial score (nSPS) is 25.1. The fourth-order valence-corrected chi connectivity index (χ4v) is 2.77. The summed E-state index contributed by atoms with van der Waals surface area (Å²) in [7, 11) is 0. The van der Waals surface area contributed by atoms with Crippen LogP contribution in [-0.2, 0) is 9.59 Å². The van der Waals surface area contributed by atoms with Gasteiger partial charge in [-0.15, -0.1) is 0 Å². The number of nitrogens with one attached hydrogen (secondary N) is 2. The van der Waals surface area contributed by atoms with E-state index in [1.165, 1.54) is 0 Å². The first kappa shape index (κ1) is 14.8. The van der Waals surface area contributed by atoms with Crippen LogP contribution in [0.2, 0.25) is 0 Å². The Balaban J connectivity index is 1.76. The van der Waals surface area contributed by atoms with Crippen molar-refractivity contribution >= 4 is 17.8 Å². The van der Waals surface area contributed by atoms with Crippen LogP contribution in [0.15, 0.2) is 0 Å². The summed E-state index contributed by atoms with van der Waals surface area (Å²) in [6.45, 7) is 1.50. The molecule has 2 aliphatic heterocycles. The first-order valence-corrected chi connectivity index (χ1v) is 7.19. The first-order chi connectivity index (χ1) is 9.57. The fourth-order valence-electron chi connectivity index (χ4n) is 2.77.